The first-order valence-electron chi connectivity index (χ1n) is 3.51. The van der Waals surface area contributed by atoms with Crippen molar-refractivity contribution in [2.24, 2.45) is 0 Å². The van der Waals surface area contributed by atoms with E-state index in [1.165, 1.54) is 3.71 Å². The van der Waals surface area contributed by atoms with Crippen LogP contribution in [0.1, 0.15) is 17.5 Å². The molecule has 6 nitrogen and oxygen atoms in total. The summed E-state index contributed by atoms with van der Waals surface area (Å²) in [6, 6.07) is 0. The summed E-state index contributed by atoms with van der Waals surface area (Å²) in [5.41, 5.74) is 1.37. The van der Waals surface area contributed by atoms with Gasteiger partial charge in [0.25, 0.3) is 0 Å². The lowest BCUT2D eigenvalue weighted by Crippen LogP contribution is -2.21. The number of rotatable bonds is 0. The van der Waals surface area contributed by atoms with Crippen LogP contribution in [0.15, 0.2) is 0 Å². The van der Waals surface area contributed by atoms with E-state index in [1.807, 2.05) is 0 Å². The normalized spacial score (nSPS) is 34.8. The number of hydrogen-bond donors (Lipinski definition) is 0. The minimum Gasteiger partial charge on any atom is -0.384 e. The fourth-order valence-corrected chi connectivity index (χ4v) is 3.10. The lowest BCUT2D eigenvalue weighted by Gasteiger charge is -2.30. The maximum absolute atomic E-state index is 11.4. The van der Waals surface area contributed by atoms with E-state index in [0.29, 0.717) is 11.6 Å². The molecular formula is C5H4BrN2O4P. The van der Waals surface area contributed by atoms with E-state index >= 15 is 0 Å². The van der Waals surface area contributed by atoms with Crippen molar-refractivity contribution in [3.8, 4) is 5.88 Å². The van der Waals surface area contributed by atoms with Gasteiger partial charge >= 0.3 is 7.82 Å². The van der Waals surface area contributed by atoms with Crippen molar-refractivity contribution in [1.82, 2.24) is 8.81 Å². The fraction of sp³-hybridized carbons (Fsp3) is 0.400. The van der Waals surface area contributed by atoms with Crippen molar-refractivity contribution < 1.29 is 18.1 Å². The highest BCUT2D eigenvalue weighted by molar-refractivity contribution is 9.08. The average Bonchev–Trinajstić information content (AvgIpc) is 2.13. The molecule has 4 rings (SSSR count). The van der Waals surface area contributed by atoms with E-state index < -0.39 is 14.1 Å². The Morgan fingerprint density at radius 3 is 3.00 bits per heavy atom. The molecule has 0 saturated carbocycles. The van der Waals surface area contributed by atoms with E-state index in [0.717, 1.165) is 5.56 Å². The van der Waals surface area contributed by atoms with Crippen molar-refractivity contribution in [3.63, 3.8) is 0 Å². The monoisotopic (exact) mass is 266 g/mol. The molecule has 0 amide bonds. The Bertz CT molecular complexity index is 434. The molecule has 4 bridgehead atoms. The summed E-state index contributed by atoms with van der Waals surface area (Å²) in [7, 11) is -3.31. The molecule has 70 valence electrons. The third-order valence-electron chi connectivity index (χ3n) is 1.94. The van der Waals surface area contributed by atoms with Crippen LogP contribution in [0, 0.1) is 6.92 Å². The van der Waals surface area contributed by atoms with Gasteiger partial charge in [0.1, 0.15) is 5.69 Å². The zero-order valence-corrected chi connectivity index (χ0v) is 8.91. The summed E-state index contributed by atoms with van der Waals surface area (Å²) in [6.07, 6.45) is -0.647. The van der Waals surface area contributed by atoms with Gasteiger partial charge in [0, 0.05) is 5.56 Å². The maximum atomic E-state index is 11.4. The molecule has 3 aliphatic rings. The molecule has 1 aromatic heterocycles. The van der Waals surface area contributed by atoms with Gasteiger partial charge in [-0.25, -0.2) is 13.6 Å². The highest BCUT2D eigenvalue weighted by Gasteiger charge is 2.53. The predicted molar refractivity (Wildman–Crippen MR) is 44.4 cm³/mol. The second-order valence-electron chi connectivity index (χ2n) is 2.76. The lowest BCUT2D eigenvalue weighted by atomic mass is 10.2. The molecule has 3 aliphatic heterocycles. The summed E-state index contributed by atoms with van der Waals surface area (Å²) in [6.45, 7) is 1.80. The van der Waals surface area contributed by atoms with Gasteiger partial charge in [-0.1, -0.05) is 0 Å². The number of nitrogens with zero attached hydrogens (tertiary/aromatic N) is 2. The van der Waals surface area contributed by atoms with Crippen LogP contribution in [0.5, 0.6) is 5.88 Å². The summed E-state index contributed by atoms with van der Waals surface area (Å²) in [5.74, 6) is 0.373. The molecule has 0 spiro atoms. The topological polar surface area (TPSA) is 62.6 Å². The smallest absolute Gasteiger partial charge is 0.384 e. The van der Waals surface area contributed by atoms with Gasteiger partial charge in [-0.3, -0.25) is 0 Å². The van der Waals surface area contributed by atoms with Crippen LogP contribution in [0.25, 0.3) is 0 Å². The molecule has 0 unspecified atom stereocenters. The molecule has 8 heteroatoms. The second-order valence-corrected chi connectivity index (χ2v) is 4.93. The first kappa shape index (κ1) is 7.99. The van der Waals surface area contributed by atoms with Gasteiger partial charge in [-0.2, -0.15) is 8.81 Å². The van der Waals surface area contributed by atoms with Crippen LogP contribution in [-0.4, -0.2) is 8.81 Å². The zero-order chi connectivity index (χ0) is 9.22. The van der Waals surface area contributed by atoms with Crippen LogP contribution in [0.2, 0.25) is 0 Å². The van der Waals surface area contributed by atoms with Crippen molar-refractivity contribution >= 4 is 24.0 Å². The number of aromatic nitrogens is 2. The second kappa shape index (κ2) is 2.17. The molecule has 1 saturated heterocycles. The molecule has 0 N–H and O–H groups in total. The fourth-order valence-electron chi connectivity index (χ4n) is 1.28. The molecule has 0 atom stereocenters. The Morgan fingerprint density at radius 2 is 2.31 bits per heavy atom. The summed E-state index contributed by atoms with van der Waals surface area (Å²) in [4.78, 5) is 0. The molecule has 0 aromatic carbocycles. The number of halogens is 1. The van der Waals surface area contributed by atoms with E-state index in [1.54, 1.807) is 6.92 Å². The van der Waals surface area contributed by atoms with Gasteiger partial charge in [-0.15, -0.1) is 0 Å². The first-order chi connectivity index (χ1) is 6.09. The number of phosphoric acid groups is 1. The van der Waals surface area contributed by atoms with E-state index in [2.05, 4.69) is 21.2 Å². The Morgan fingerprint density at radius 1 is 1.62 bits per heavy atom. The number of phosphoric ester groups is 1. The Hall–Kier alpha value is -0.360. The van der Waals surface area contributed by atoms with Crippen molar-refractivity contribution in [2.45, 2.75) is 13.2 Å². The molecule has 0 aliphatic carbocycles. The standard InChI is InChI=1S/C5H4BrN2O4P/c1-2-3-5-11-13(9,12-5)10-4(2)8(6)7-3/h5H,1H3. The van der Waals surface area contributed by atoms with Crippen LogP contribution in [0.4, 0.5) is 0 Å². The largest absolute Gasteiger partial charge is 0.536 e. The Balaban J connectivity index is 2.26. The van der Waals surface area contributed by atoms with Crippen LogP contribution in [-0.2, 0) is 13.6 Å². The van der Waals surface area contributed by atoms with E-state index in [-0.39, 0.29) is 0 Å². The SMILES string of the molecule is Cc1c2nn(Br)c1OP1(=O)OC2O1. The molecule has 13 heavy (non-hydrogen) atoms. The van der Waals surface area contributed by atoms with Crippen LogP contribution >= 0.6 is 24.0 Å². The highest BCUT2D eigenvalue weighted by atomic mass is 79.9. The summed E-state index contributed by atoms with van der Waals surface area (Å²) < 4.78 is 27.6. The van der Waals surface area contributed by atoms with Crippen molar-refractivity contribution in [1.29, 1.82) is 0 Å². The highest BCUT2D eigenvalue weighted by Crippen LogP contribution is 2.68. The minimum absolute atomic E-state index is 0.373. The molecule has 1 fully saturated rings. The van der Waals surface area contributed by atoms with Crippen LogP contribution < -0.4 is 4.52 Å². The van der Waals surface area contributed by atoms with E-state index in [9.17, 15) is 4.57 Å². The van der Waals surface area contributed by atoms with Gasteiger partial charge in [0.2, 0.25) is 12.2 Å². The first-order valence-corrected chi connectivity index (χ1v) is 5.68. The quantitative estimate of drug-likeness (QED) is 0.671. The predicted octanol–water partition coefficient (Wildman–Crippen LogP) is 1.90. The van der Waals surface area contributed by atoms with Crippen molar-refractivity contribution in [2.75, 3.05) is 0 Å². The van der Waals surface area contributed by atoms with E-state index in [4.69, 9.17) is 13.6 Å². The van der Waals surface area contributed by atoms with Gasteiger partial charge in [0.05, 0.1) is 16.1 Å². The number of hydrogen-bond acceptors (Lipinski definition) is 5. The van der Waals surface area contributed by atoms with Gasteiger partial charge in [-0.05, 0) is 6.92 Å². The zero-order valence-electron chi connectivity index (χ0n) is 6.43. The summed E-state index contributed by atoms with van der Waals surface area (Å²) >= 11 is 3.12. The third kappa shape index (κ3) is 0.901. The van der Waals surface area contributed by atoms with Crippen molar-refractivity contribution in [3.05, 3.63) is 11.3 Å². The van der Waals surface area contributed by atoms with Gasteiger partial charge < -0.3 is 4.52 Å². The third-order valence-corrected chi connectivity index (χ3v) is 3.72. The molecule has 0 radical (unpaired) electrons. The summed E-state index contributed by atoms with van der Waals surface area (Å²) in [5, 5.41) is 4.04. The Kier molecular flexibility index (Phi) is 1.33. The molecule has 4 heterocycles. The lowest BCUT2D eigenvalue weighted by molar-refractivity contribution is -0.119. The van der Waals surface area contributed by atoms with Gasteiger partial charge in [0.15, 0.2) is 0 Å². The maximum Gasteiger partial charge on any atom is 0.536 e. The van der Waals surface area contributed by atoms with Crippen LogP contribution in [0.3, 0.4) is 0 Å². The minimum atomic E-state index is -3.31. The molecule has 1 aromatic rings. The Labute approximate surface area is 81.7 Å². The average molecular weight is 267 g/mol. The molecular weight excluding hydrogens is 263 g/mol.